The summed E-state index contributed by atoms with van der Waals surface area (Å²) in [4.78, 5) is 32.7. The second-order valence-electron chi connectivity index (χ2n) is 9.01. The number of thiazole rings is 1. The van der Waals surface area contributed by atoms with E-state index >= 15 is 0 Å². The van der Waals surface area contributed by atoms with Crippen molar-refractivity contribution >= 4 is 34.7 Å². The van der Waals surface area contributed by atoms with Gasteiger partial charge in [0.2, 0.25) is 0 Å². The molecular weight excluding hydrogens is 558 g/mol. The number of esters is 1. The van der Waals surface area contributed by atoms with Crippen LogP contribution in [0.1, 0.15) is 48.4 Å². The summed E-state index contributed by atoms with van der Waals surface area (Å²) in [6.07, 6.45) is 1.79. The van der Waals surface area contributed by atoms with Crippen LogP contribution in [-0.4, -0.2) is 23.8 Å². The van der Waals surface area contributed by atoms with E-state index in [1.807, 2.05) is 54.8 Å². The van der Waals surface area contributed by atoms with E-state index in [9.17, 15) is 14.9 Å². The molecule has 8 nitrogen and oxygen atoms in total. The number of carbonyl (C=O) groups is 1. The predicted octanol–water partition coefficient (Wildman–Crippen LogP) is 4.71. The van der Waals surface area contributed by atoms with E-state index in [-0.39, 0.29) is 18.8 Å². The van der Waals surface area contributed by atoms with Crippen LogP contribution in [0.5, 0.6) is 11.5 Å². The van der Waals surface area contributed by atoms with Gasteiger partial charge in [0.1, 0.15) is 12.6 Å². The zero-order chi connectivity index (χ0) is 28.9. The number of benzene rings is 2. The van der Waals surface area contributed by atoms with Crippen LogP contribution in [0.4, 0.5) is 0 Å². The number of rotatable bonds is 9. The number of aromatic nitrogens is 1. The predicted molar refractivity (Wildman–Crippen MR) is 158 cm³/mol. The Balaban J connectivity index is 1.53. The van der Waals surface area contributed by atoms with Gasteiger partial charge in [0, 0.05) is 10.4 Å². The highest BCUT2D eigenvalue weighted by Crippen LogP contribution is 2.33. The van der Waals surface area contributed by atoms with E-state index in [0.29, 0.717) is 44.3 Å². The Kier molecular flexibility index (Phi) is 8.47. The molecule has 0 saturated carbocycles. The van der Waals surface area contributed by atoms with E-state index in [0.717, 1.165) is 16.0 Å². The highest BCUT2D eigenvalue weighted by Gasteiger charge is 2.33. The first-order valence-corrected chi connectivity index (χ1v) is 14.8. The number of fused-ring (bicyclic) bond motifs is 1. The van der Waals surface area contributed by atoms with E-state index in [2.05, 4.69) is 11.1 Å². The highest BCUT2D eigenvalue weighted by molar-refractivity contribution is 7.10. The summed E-state index contributed by atoms with van der Waals surface area (Å²) in [6.45, 7) is 6.27. The molecule has 0 unspecified atom stereocenters. The molecule has 0 aliphatic carbocycles. The molecule has 2 aromatic heterocycles. The van der Waals surface area contributed by atoms with Crippen LogP contribution in [-0.2, 0) is 16.1 Å². The summed E-state index contributed by atoms with van der Waals surface area (Å²) in [6, 6.07) is 18.1. The van der Waals surface area contributed by atoms with Crippen molar-refractivity contribution in [3.05, 3.63) is 113 Å². The maximum atomic E-state index is 13.8. The van der Waals surface area contributed by atoms with Crippen LogP contribution in [0, 0.1) is 11.3 Å². The number of hydrogen-bond acceptors (Lipinski definition) is 9. The van der Waals surface area contributed by atoms with Crippen LogP contribution < -0.4 is 24.4 Å². The molecule has 0 radical (unpaired) electrons. The standard InChI is InChI=1S/C31H27N3O5S2/c1-4-37-24-15-20(12-13-23(24)39-18-22-10-7-6-9-21(22)17-32)16-26-29(35)34-28(25-11-8-14-40-25)27(30(36)38-5-2)19(3)33-31(34)41-26/h6-16,28H,4-5,18H2,1-3H3/b26-16-/t28-/m0/s1. The van der Waals surface area contributed by atoms with Gasteiger partial charge in [0.05, 0.1) is 40.6 Å². The van der Waals surface area contributed by atoms with Crippen molar-refractivity contribution in [1.29, 1.82) is 5.26 Å². The lowest BCUT2D eigenvalue weighted by Gasteiger charge is -2.23. The zero-order valence-corrected chi connectivity index (χ0v) is 24.4. The van der Waals surface area contributed by atoms with Gasteiger partial charge in [-0.05, 0) is 62.1 Å². The van der Waals surface area contributed by atoms with Gasteiger partial charge in [-0.15, -0.1) is 11.3 Å². The second-order valence-corrected chi connectivity index (χ2v) is 11.0. The SMILES string of the molecule is CCOC(=O)C1=C(C)N=c2s/c(=C\c3ccc(OCc4ccccc4C#N)c(OCC)c3)c(=O)n2[C@H]1c1cccs1. The Hall–Kier alpha value is -4.46. The van der Waals surface area contributed by atoms with Crippen molar-refractivity contribution in [1.82, 2.24) is 4.57 Å². The van der Waals surface area contributed by atoms with Crippen molar-refractivity contribution in [3.8, 4) is 17.6 Å². The topological polar surface area (TPSA) is 103 Å². The van der Waals surface area contributed by atoms with Crippen molar-refractivity contribution in [2.75, 3.05) is 13.2 Å². The minimum Gasteiger partial charge on any atom is -0.490 e. The molecule has 41 heavy (non-hydrogen) atoms. The van der Waals surface area contributed by atoms with Crippen LogP contribution >= 0.6 is 22.7 Å². The third kappa shape index (κ3) is 5.73. The molecule has 1 atom stereocenters. The minimum absolute atomic E-state index is 0.215. The van der Waals surface area contributed by atoms with Gasteiger partial charge < -0.3 is 14.2 Å². The molecule has 1 aliphatic heterocycles. The first kappa shape index (κ1) is 28.1. The fourth-order valence-electron chi connectivity index (χ4n) is 4.57. The number of hydrogen-bond donors (Lipinski definition) is 0. The molecular formula is C31H27N3O5S2. The normalized spacial score (nSPS) is 14.7. The minimum atomic E-state index is -0.613. The zero-order valence-electron chi connectivity index (χ0n) is 22.7. The van der Waals surface area contributed by atoms with Gasteiger partial charge in [0.25, 0.3) is 5.56 Å². The van der Waals surface area contributed by atoms with Crippen molar-refractivity contribution in [3.63, 3.8) is 0 Å². The third-order valence-electron chi connectivity index (χ3n) is 6.42. The number of allylic oxidation sites excluding steroid dienone is 1. The molecule has 0 N–H and O–H groups in total. The lowest BCUT2D eigenvalue weighted by molar-refractivity contribution is -0.139. The monoisotopic (exact) mass is 585 g/mol. The van der Waals surface area contributed by atoms with Crippen molar-refractivity contribution in [2.45, 2.75) is 33.4 Å². The molecule has 5 rings (SSSR count). The van der Waals surface area contributed by atoms with Gasteiger partial charge in [-0.25, -0.2) is 9.79 Å². The maximum Gasteiger partial charge on any atom is 0.338 e. The lowest BCUT2D eigenvalue weighted by Crippen LogP contribution is -2.39. The van der Waals surface area contributed by atoms with Gasteiger partial charge in [-0.2, -0.15) is 5.26 Å². The molecule has 4 aromatic rings. The first-order valence-electron chi connectivity index (χ1n) is 13.1. The van der Waals surface area contributed by atoms with E-state index in [1.54, 1.807) is 36.6 Å². The van der Waals surface area contributed by atoms with Gasteiger partial charge in [-0.3, -0.25) is 9.36 Å². The molecule has 0 amide bonds. The fourth-order valence-corrected chi connectivity index (χ4v) is 6.44. The van der Waals surface area contributed by atoms with E-state index in [1.165, 1.54) is 22.7 Å². The molecule has 0 bridgehead atoms. The Morgan fingerprint density at radius 2 is 1.93 bits per heavy atom. The summed E-state index contributed by atoms with van der Waals surface area (Å²) in [5.41, 5.74) is 2.74. The van der Waals surface area contributed by atoms with Crippen LogP contribution in [0.15, 0.2) is 81.0 Å². The second kappa shape index (κ2) is 12.4. The summed E-state index contributed by atoms with van der Waals surface area (Å²) in [5.74, 6) is 0.585. The Bertz CT molecular complexity index is 1850. The highest BCUT2D eigenvalue weighted by atomic mass is 32.1. The molecule has 1 aliphatic rings. The van der Waals surface area contributed by atoms with Gasteiger partial charge >= 0.3 is 5.97 Å². The molecule has 0 fully saturated rings. The molecule has 10 heteroatoms. The smallest absolute Gasteiger partial charge is 0.338 e. The molecule has 0 spiro atoms. The molecule has 208 valence electrons. The summed E-state index contributed by atoms with van der Waals surface area (Å²) in [7, 11) is 0. The molecule has 0 saturated heterocycles. The van der Waals surface area contributed by atoms with E-state index < -0.39 is 12.0 Å². The fraction of sp³-hybridized carbons (Fsp3) is 0.226. The molecule has 2 aromatic carbocycles. The Morgan fingerprint density at radius 1 is 1.10 bits per heavy atom. The van der Waals surface area contributed by atoms with Gasteiger partial charge in [0.15, 0.2) is 16.3 Å². The van der Waals surface area contributed by atoms with E-state index in [4.69, 9.17) is 14.2 Å². The Labute approximate surface area is 244 Å². The van der Waals surface area contributed by atoms with Crippen LogP contribution in [0.25, 0.3) is 6.08 Å². The Morgan fingerprint density at radius 3 is 2.66 bits per heavy atom. The number of nitrogens with zero attached hydrogens (tertiary/aromatic N) is 3. The van der Waals surface area contributed by atoms with Crippen LogP contribution in [0.2, 0.25) is 0 Å². The van der Waals surface area contributed by atoms with Crippen molar-refractivity contribution < 1.29 is 19.0 Å². The largest absolute Gasteiger partial charge is 0.490 e. The van der Waals surface area contributed by atoms with Gasteiger partial charge in [-0.1, -0.05) is 41.7 Å². The van der Waals surface area contributed by atoms with Crippen LogP contribution in [0.3, 0.4) is 0 Å². The number of nitriles is 1. The maximum absolute atomic E-state index is 13.8. The quantitative estimate of drug-likeness (QED) is 0.264. The number of ether oxygens (including phenoxy) is 3. The number of carbonyl (C=O) groups excluding carboxylic acids is 1. The first-order chi connectivity index (χ1) is 19.9. The average Bonchev–Trinajstić information content (AvgIpc) is 3.61. The average molecular weight is 586 g/mol. The van der Waals surface area contributed by atoms with Crippen molar-refractivity contribution in [2.24, 2.45) is 4.99 Å². The summed E-state index contributed by atoms with van der Waals surface area (Å²) in [5, 5.41) is 11.3. The lowest BCUT2D eigenvalue weighted by atomic mass is 10.0. The molecule has 3 heterocycles. The summed E-state index contributed by atoms with van der Waals surface area (Å²) < 4.78 is 19.3. The summed E-state index contributed by atoms with van der Waals surface area (Å²) >= 11 is 2.74. The third-order valence-corrected chi connectivity index (χ3v) is 8.32. The number of thiophene rings is 1.